The van der Waals surface area contributed by atoms with Crippen molar-refractivity contribution in [3.63, 3.8) is 0 Å². The summed E-state index contributed by atoms with van der Waals surface area (Å²) in [7, 11) is 7.08. The first kappa shape index (κ1) is 16.2. The molecule has 1 N–H and O–H groups in total. The third-order valence-electron chi connectivity index (χ3n) is 2.71. The van der Waals surface area contributed by atoms with E-state index in [0.29, 0.717) is 30.7 Å². The third kappa shape index (κ3) is 4.65. The third-order valence-corrected chi connectivity index (χ3v) is 2.71. The van der Waals surface area contributed by atoms with Crippen LogP contribution in [0.25, 0.3) is 0 Å². The molecule has 0 aromatic carbocycles. The lowest BCUT2D eigenvalue weighted by atomic mass is 10.4. The zero-order chi connectivity index (χ0) is 15.1. The zero-order valence-electron chi connectivity index (χ0n) is 12.8. The predicted octanol–water partition coefficient (Wildman–Crippen LogP) is 0.579. The molecule has 1 rings (SSSR count). The monoisotopic (exact) mass is 281 g/mol. The SMILES string of the molecule is CCOCc1nc(NC)cc(N(C)CC(=O)N(C)C)n1. The van der Waals surface area contributed by atoms with Crippen molar-refractivity contribution in [1.29, 1.82) is 0 Å². The fourth-order valence-electron chi connectivity index (χ4n) is 1.49. The van der Waals surface area contributed by atoms with Gasteiger partial charge in [0.25, 0.3) is 0 Å². The fourth-order valence-corrected chi connectivity index (χ4v) is 1.49. The number of anilines is 2. The summed E-state index contributed by atoms with van der Waals surface area (Å²) in [6.07, 6.45) is 0. The standard InChI is InChI=1S/C13H23N5O2/c1-6-20-9-11-15-10(14-2)7-12(16-11)18(5)8-13(19)17(3)4/h7H,6,8-9H2,1-5H3,(H,14,15,16). The molecule has 0 radical (unpaired) electrons. The highest BCUT2D eigenvalue weighted by Gasteiger charge is 2.12. The molecule has 0 spiro atoms. The van der Waals surface area contributed by atoms with Crippen LogP contribution in [0.4, 0.5) is 11.6 Å². The first-order valence-electron chi connectivity index (χ1n) is 6.52. The van der Waals surface area contributed by atoms with Crippen LogP contribution in [0.1, 0.15) is 12.7 Å². The van der Waals surface area contributed by atoms with E-state index in [9.17, 15) is 4.79 Å². The summed E-state index contributed by atoms with van der Waals surface area (Å²) in [5, 5.41) is 2.99. The molecule has 112 valence electrons. The summed E-state index contributed by atoms with van der Waals surface area (Å²) >= 11 is 0. The summed E-state index contributed by atoms with van der Waals surface area (Å²) in [6, 6.07) is 1.80. The molecular weight excluding hydrogens is 258 g/mol. The number of hydrogen-bond acceptors (Lipinski definition) is 6. The Labute approximate surface area is 119 Å². The Bertz CT molecular complexity index is 450. The van der Waals surface area contributed by atoms with E-state index < -0.39 is 0 Å². The molecular formula is C13H23N5O2. The number of nitrogens with zero attached hydrogens (tertiary/aromatic N) is 4. The van der Waals surface area contributed by atoms with Crippen molar-refractivity contribution in [3.8, 4) is 0 Å². The highest BCUT2D eigenvalue weighted by Crippen LogP contribution is 2.15. The zero-order valence-corrected chi connectivity index (χ0v) is 12.8. The van der Waals surface area contributed by atoms with Gasteiger partial charge in [-0.1, -0.05) is 0 Å². The number of amides is 1. The van der Waals surface area contributed by atoms with Crippen molar-refractivity contribution in [2.24, 2.45) is 0 Å². The molecule has 7 nitrogen and oxygen atoms in total. The van der Waals surface area contributed by atoms with Gasteiger partial charge in [0.15, 0.2) is 5.82 Å². The van der Waals surface area contributed by atoms with Crippen molar-refractivity contribution >= 4 is 17.5 Å². The van der Waals surface area contributed by atoms with E-state index in [2.05, 4.69) is 15.3 Å². The lowest BCUT2D eigenvalue weighted by Gasteiger charge is -2.21. The van der Waals surface area contributed by atoms with Gasteiger partial charge >= 0.3 is 0 Å². The number of likely N-dealkylation sites (N-methyl/N-ethyl adjacent to an activating group) is 2. The Morgan fingerprint density at radius 1 is 1.35 bits per heavy atom. The Kier molecular flexibility index (Phi) is 6.17. The van der Waals surface area contributed by atoms with E-state index in [0.717, 1.165) is 0 Å². The van der Waals surface area contributed by atoms with E-state index in [1.54, 1.807) is 37.0 Å². The van der Waals surface area contributed by atoms with Crippen LogP contribution in [-0.4, -0.2) is 62.1 Å². The van der Waals surface area contributed by atoms with Crippen LogP contribution in [0.3, 0.4) is 0 Å². The van der Waals surface area contributed by atoms with Crippen molar-refractivity contribution in [2.45, 2.75) is 13.5 Å². The van der Waals surface area contributed by atoms with Crippen LogP contribution in [0.15, 0.2) is 6.07 Å². The van der Waals surface area contributed by atoms with Crippen molar-refractivity contribution in [1.82, 2.24) is 14.9 Å². The van der Waals surface area contributed by atoms with Gasteiger partial charge < -0.3 is 19.9 Å². The minimum atomic E-state index is 0.0171. The highest BCUT2D eigenvalue weighted by molar-refractivity contribution is 5.80. The molecule has 0 atom stereocenters. The van der Waals surface area contributed by atoms with Gasteiger partial charge in [0.05, 0.1) is 6.54 Å². The Hall–Kier alpha value is -1.89. The van der Waals surface area contributed by atoms with Gasteiger partial charge in [-0.2, -0.15) is 0 Å². The molecule has 0 fully saturated rings. The average molecular weight is 281 g/mol. The number of rotatable bonds is 7. The van der Waals surface area contributed by atoms with Crippen LogP contribution in [0, 0.1) is 0 Å². The predicted molar refractivity (Wildman–Crippen MR) is 78.9 cm³/mol. The number of nitrogens with one attached hydrogen (secondary N) is 1. The minimum absolute atomic E-state index is 0.0171. The maximum Gasteiger partial charge on any atom is 0.241 e. The first-order valence-corrected chi connectivity index (χ1v) is 6.52. The lowest BCUT2D eigenvalue weighted by Crippen LogP contribution is -2.34. The molecule has 1 heterocycles. The van der Waals surface area contributed by atoms with Crippen LogP contribution in [-0.2, 0) is 16.1 Å². The van der Waals surface area contributed by atoms with Gasteiger partial charge in [0.2, 0.25) is 5.91 Å². The second-order valence-electron chi connectivity index (χ2n) is 4.56. The quantitative estimate of drug-likeness (QED) is 0.788. The molecule has 1 aromatic heterocycles. The van der Waals surface area contributed by atoms with Gasteiger partial charge in [-0.3, -0.25) is 4.79 Å². The van der Waals surface area contributed by atoms with Crippen molar-refractivity contribution < 1.29 is 9.53 Å². The van der Waals surface area contributed by atoms with E-state index >= 15 is 0 Å². The first-order chi connectivity index (χ1) is 9.47. The number of ether oxygens (including phenoxy) is 1. The maximum atomic E-state index is 11.7. The van der Waals surface area contributed by atoms with Crippen molar-refractivity contribution in [2.75, 3.05) is 51.6 Å². The summed E-state index contributed by atoms with van der Waals surface area (Å²) in [6.45, 7) is 3.15. The molecule has 1 aromatic rings. The summed E-state index contributed by atoms with van der Waals surface area (Å²) in [5.74, 6) is 2.00. The molecule has 0 aliphatic heterocycles. The molecule has 0 aliphatic carbocycles. The Morgan fingerprint density at radius 2 is 2.05 bits per heavy atom. The molecule has 0 saturated carbocycles. The molecule has 0 aliphatic rings. The van der Waals surface area contributed by atoms with E-state index in [1.807, 2.05) is 14.0 Å². The molecule has 0 unspecified atom stereocenters. The fraction of sp³-hybridized carbons (Fsp3) is 0.615. The van der Waals surface area contributed by atoms with Crippen LogP contribution < -0.4 is 10.2 Å². The topological polar surface area (TPSA) is 70.6 Å². The molecule has 1 amide bonds. The van der Waals surface area contributed by atoms with Gasteiger partial charge in [-0.25, -0.2) is 9.97 Å². The molecule has 7 heteroatoms. The smallest absolute Gasteiger partial charge is 0.241 e. The summed E-state index contributed by atoms with van der Waals surface area (Å²) in [4.78, 5) is 23.8. The number of carbonyl (C=O) groups is 1. The minimum Gasteiger partial charge on any atom is -0.374 e. The van der Waals surface area contributed by atoms with E-state index in [-0.39, 0.29) is 12.5 Å². The lowest BCUT2D eigenvalue weighted by molar-refractivity contribution is -0.127. The highest BCUT2D eigenvalue weighted by atomic mass is 16.5. The number of hydrogen-bond donors (Lipinski definition) is 1. The van der Waals surface area contributed by atoms with Gasteiger partial charge in [0.1, 0.15) is 18.2 Å². The molecule has 0 saturated heterocycles. The normalized spacial score (nSPS) is 10.2. The van der Waals surface area contributed by atoms with Crippen LogP contribution in [0.5, 0.6) is 0 Å². The van der Waals surface area contributed by atoms with Gasteiger partial charge in [-0.15, -0.1) is 0 Å². The Balaban J connectivity index is 2.89. The number of carbonyl (C=O) groups excluding carboxylic acids is 1. The summed E-state index contributed by atoms with van der Waals surface area (Å²) < 4.78 is 5.33. The van der Waals surface area contributed by atoms with Crippen LogP contribution in [0.2, 0.25) is 0 Å². The maximum absolute atomic E-state index is 11.7. The molecule has 20 heavy (non-hydrogen) atoms. The van der Waals surface area contributed by atoms with Gasteiger partial charge in [-0.05, 0) is 6.92 Å². The number of aromatic nitrogens is 2. The van der Waals surface area contributed by atoms with E-state index in [4.69, 9.17) is 4.74 Å². The summed E-state index contributed by atoms with van der Waals surface area (Å²) in [5.41, 5.74) is 0. The van der Waals surface area contributed by atoms with Gasteiger partial charge in [0, 0.05) is 40.9 Å². The van der Waals surface area contributed by atoms with E-state index in [1.165, 1.54) is 0 Å². The Morgan fingerprint density at radius 3 is 2.60 bits per heavy atom. The van der Waals surface area contributed by atoms with Crippen LogP contribution >= 0.6 is 0 Å². The largest absolute Gasteiger partial charge is 0.374 e. The molecule has 0 bridgehead atoms. The van der Waals surface area contributed by atoms with Crippen molar-refractivity contribution in [3.05, 3.63) is 11.9 Å². The second kappa shape index (κ2) is 7.64. The average Bonchev–Trinajstić information content (AvgIpc) is 2.44. The second-order valence-corrected chi connectivity index (χ2v) is 4.56.